The van der Waals surface area contributed by atoms with Crippen LogP contribution in [0.15, 0.2) is 6.20 Å². The number of amides is 1. The number of fused-ring (bicyclic) bond motifs is 1. The average molecular weight is 276 g/mol. The van der Waals surface area contributed by atoms with Gasteiger partial charge in [0.25, 0.3) is 0 Å². The highest BCUT2D eigenvalue weighted by molar-refractivity contribution is 5.78. The second-order valence-corrected chi connectivity index (χ2v) is 6.07. The van der Waals surface area contributed by atoms with E-state index in [2.05, 4.69) is 20.4 Å². The number of aryl methyl sites for hydroxylation is 1. The summed E-state index contributed by atoms with van der Waals surface area (Å²) >= 11 is 0. The van der Waals surface area contributed by atoms with Gasteiger partial charge in [-0.25, -0.2) is 0 Å². The van der Waals surface area contributed by atoms with Gasteiger partial charge in [-0.15, -0.1) is 0 Å². The van der Waals surface area contributed by atoms with E-state index in [1.165, 1.54) is 36.9 Å². The standard InChI is InChI=1S/C15H24N4O/c20-15(11-19-7-3-1-2-4-8-19)17-13-6-5-12-10-16-18-14(12)9-13/h10,13H,1-9,11H2,(H,16,18)(H,17,20). The molecule has 0 aromatic carbocycles. The number of likely N-dealkylation sites (tertiary alicyclic amines) is 1. The predicted molar refractivity (Wildman–Crippen MR) is 77.5 cm³/mol. The van der Waals surface area contributed by atoms with Gasteiger partial charge in [0.1, 0.15) is 0 Å². The molecule has 1 fully saturated rings. The Hall–Kier alpha value is -1.36. The summed E-state index contributed by atoms with van der Waals surface area (Å²) < 4.78 is 0. The van der Waals surface area contributed by atoms with Gasteiger partial charge in [-0.3, -0.25) is 14.8 Å². The number of carbonyl (C=O) groups excluding carboxylic acids is 1. The van der Waals surface area contributed by atoms with Gasteiger partial charge in [0.15, 0.2) is 0 Å². The minimum absolute atomic E-state index is 0.180. The Morgan fingerprint density at radius 2 is 2.15 bits per heavy atom. The van der Waals surface area contributed by atoms with Crippen LogP contribution < -0.4 is 5.32 Å². The fourth-order valence-corrected chi connectivity index (χ4v) is 3.30. The highest BCUT2D eigenvalue weighted by Crippen LogP contribution is 2.18. The van der Waals surface area contributed by atoms with Gasteiger partial charge < -0.3 is 5.32 Å². The molecule has 0 saturated carbocycles. The van der Waals surface area contributed by atoms with Crippen LogP contribution in [0.2, 0.25) is 0 Å². The van der Waals surface area contributed by atoms with E-state index in [0.29, 0.717) is 6.54 Å². The van der Waals surface area contributed by atoms with Crippen molar-refractivity contribution in [1.29, 1.82) is 0 Å². The Morgan fingerprint density at radius 3 is 2.95 bits per heavy atom. The summed E-state index contributed by atoms with van der Waals surface area (Å²) in [7, 11) is 0. The second kappa shape index (κ2) is 6.39. The van der Waals surface area contributed by atoms with Crippen molar-refractivity contribution >= 4 is 5.91 Å². The summed E-state index contributed by atoms with van der Waals surface area (Å²) in [4.78, 5) is 14.5. The van der Waals surface area contributed by atoms with Gasteiger partial charge in [-0.05, 0) is 44.3 Å². The lowest BCUT2D eigenvalue weighted by atomic mass is 9.94. The van der Waals surface area contributed by atoms with Gasteiger partial charge in [-0.2, -0.15) is 5.10 Å². The Kier molecular flexibility index (Phi) is 4.35. The highest BCUT2D eigenvalue weighted by Gasteiger charge is 2.22. The number of hydrogen-bond acceptors (Lipinski definition) is 3. The molecule has 1 aromatic rings. The van der Waals surface area contributed by atoms with E-state index < -0.39 is 0 Å². The molecular formula is C15H24N4O. The molecule has 0 bridgehead atoms. The van der Waals surface area contributed by atoms with Crippen LogP contribution in [-0.4, -0.2) is 46.7 Å². The van der Waals surface area contributed by atoms with E-state index in [1.54, 1.807) is 0 Å². The topological polar surface area (TPSA) is 61.0 Å². The lowest BCUT2D eigenvalue weighted by Gasteiger charge is -2.25. The third-order valence-corrected chi connectivity index (χ3v) is 4.45. The summed E-state index contributed by atoms with van der Waals surface area (Å²) in [5, 5.41) is 10.3. The molecule has 0 radical (unpaired) electrons. The van der Waals surface area contributed by atoms with Crippen LogP contribution in [0.5, 0.6) is 0 Å². The molecule has 1 aliphatic carbocycles. The number of nitrogens with zero attached hydrogens (tertiary/aromatic N) is 2. The largest absolute Gasteiger partial charge is 0.352 e. The molecule has 2 heterocycles. The van der Waals surface area contributed by atoms with Crippen molar-refractivity contribution in [2.45, 2.75) is 51.0 Å². The number of hydrogen-bond donors (Lipinski definition) is 2. The molecule has 3 rings (SSSR count). The minimum Gasteiger partial charge on any atom is -0.352 e. The number of aromatic amines is 1. The molecule has 1 aromatic heterocycles. The summed E-state index contributed by atoms with van der Waals surface area (Å²) in [5.41, 5.74) is 2.50. The first-order valence-corrected chi connectivity index (χ1v) is 7.84. The van der Waals surface area contributed by atoms with Gasteiger partial charge in [0.05, 0.1) is 12.7 Å². The van der Waals surface area contributed by atoms with E-state index in [9.17, 15) is 4.79 Å². The van der Waals surface area contributed by atoms with Crippen molar-refractivity contribution in [1.82, 2.24) is 20.4 Å². The molecule has 5 heteroatoms. The van der Waals surface area contributed by atoms with E-state index in [4.69, 9.17) is 0 Å². The van der Waals surface area contributed by atoms with E-state index in [1.807, 2.05) is 6.20 Å². The molecule has 1 aliphatic heterocycles. The number of nitrogens with one attached hydrogen (secondary N) is 2. The molecule has 2 aliphatic rings. The minimum atomic E-state index is 0.180. The van der Waals surface area contributed by atoms with Crippen molar-refractivity contribution in [3.8, 4) is 0 Å². The van der Waals surface area contributed by atoms with Crippen LogP contribution in [-0.2, 0) is 17.6 Å². The molecule has 1 atom stereocenters. The lowest BCUT2D eigenvalue weighted by Crippen LogP contribution is -2.44. The number of carbonyl (C=O) groups is 1. The smallest absolute Gasteiger partial charge is 0.234 e. The summed E-state index contributed by atoms with van der Waals surface area (Å²) in [5.74, 6) is 0.180. The summed E-state index contributed by atoms with van der Waals surface area (Å²) in [6.07, 6.45) is 9.92. The van der Waals surface area contributed by atoms with Crippen molar-refractivity contribution in [3.05, 3.63) is 17.5 Å². The highest BCUT2D eigenvalue weighted by atomic mass is 16.2. The molecule has 20 heavy (non-hydrogen) atoms. The average Bonchev–Trinajstić information content (AvgIpc) is 2.75. The summed E-state index contributed by atoms with van der Waals surface area (Å²) in [6.45, 7) is 2.71. The third kappa shape index (κ3) is 3.39. The van der Waals surface area contributed by atoms with E-state index in [-0.39, 0.29) is 11.9 Å². The van der Waals surface area contributed by atoms with E-state index in [0.717, 1.165) is 32.4 Å². The molecular weight excluding hydrogens is 252 g/mol. The van der Waals surface area contributed by atoms with Crippen LogP contribution >= 0.6 is 0 Å². The first-order chi connectivity index (χ1) is 9.81. The zero-order valence-electron chi connectivity index (χ0n) is 12.0. The van der Waals surface area contributed by atoms with E-state index >= 15 is 0 Å². The van der Waals surface area contributed by atoms with Gasteiger partial charge in [0.2, 0.25) is 5.91 Å². The van der Waals surface area contributed by atoms with Crippen LogP contribution in [0.25, 0.3) is 0 Å². The van der Waals surface area contributed by atoms with Gasteiger partial charge in [-0.1, -0.05) is 12.8 Å². The zero-order valence-corrected chi connectivity index (χ0v) is 12.0. The molecule has 1 unspecified atom stereocenters. The molecule has 0 spiro atoms. The Labute approximate surface area is 120 Å². The Balaban J connectivity index is 1.47. The predicted octanol–water partition coefficient (Wildman–Crippen LogP) is 1.26. The van der Waals surface area contributed by atoms with Gasteiger partial charge in [0, 0.05) is 18.2 Å². The van der Waals surface area contributed by atoms with Crippen molar-refractivity contribution < 1.29 is 4.79 Å². The maximum atomic E-state index is 12.2. The van der Waals surface area contributed by atoms with Gasteiger partial charge >= 0.3 is 0 Å². The normalized spacial score (nSPS) is 23.9. The quantitative estimate of drug-likeness (QED) is 0.873. The van der Waals surface area contributed by atoms with Crippen molar-refractivity contribution in [3.63, 3.8) is 0 Å². The van der Waals surface area contributed by atoms with Crippen molar-refractivity contribution in [2.24, 2.45) is 0 Å². The maximum Gasteiger partial charge on any atom is 0.234 e. The SMILES string of the molecule is O=C(CN1CCCCCC1)NC1CCc2cn[nH]c2C1. The van der Waals surface area contributed by atoms with Crippen molar-refractivity contribution in [2.75, 3.05) is 19.6 Å². The van der Waals surface area contributed by atoms with Crippen LogP contribution in [0.3, 0.4) is 0 Å². The fraction of sp³-hybridized carbons (Fsp3) is 0.733. The van der Waals surface area contributed by atoms with Crippen LogP contribution in [0.1, 0.15) is 43.4 Å². The Bertz CT molecular complexity index is 448. The molecule has 2 N–H and O–H groups in total. The number of H-pyrrole nitrogens is 1. The molecule has 1 saturated heterocycles. The first-order valence-electron chi connectivity index (χ1n) is 7.84. The fourth-order valence-electron chi connectivity index (χ4n) is 3.30. The number of rotatable bonds is 3. The summed E-state index contributed by atoms with van der Waals surface area (Å²) in [6, 6.07) is 0.266. The second-order valence-electron chi connectivity index (χ2n) is 6.07. The molecule has 5 nitrogen and oxygen atoms in total. The zero-order chi connectivity index (χ0) is 13.8. The molecule has 1 amide bonds. The first kappa shape index (κ1) is 13.6. The Morgan fingerprint density at radius 1 is 1.35 bits per heavy atom. The third-order valence-electron chi connectivity index (χ3n) is 4.45. The number of aromatic nitrogens is 2. The monoisotopic (exact) mass is 276 g/mol. The molecule has 110 valence electrons. The maximum absolute atomic E-state index is 12.2. The van der Waals surface area contributed by atoms with Crippen LogP contribution in [0, 0.1) is 0 Å². The lowest BCUT2D eigenvalue weighted by molar-refractivity contribution is -0.123. The van der Waals surface area contributed by atoms with Crippen LogP contribution in [0.4, 0.5) is 0 Å².